The summed E-state index contributed by atoms with van der Waals surface area (Å²) in [7, 11) is 3.40. The lowest BCUT2D eigenvalue weighted by Crippen LogP contribution is -2.32. The van der Waals surface area contributed by atoms with Crippen LogP contribution in [0.25, 0.3) is 0 Å². The lowest BCUT2D eigenvalue weighted by molar-refractivity contribution is 0.00633. The molecule has 5 nitrogen and oxygen atoms in total. The molecule has 3 heterocycles. The monoisotopic (exact) mass is 278 g/mol. The number of aromatic nitrogens is 1. The molecule has 5 heteroatoms. The standard InChI is InChI=1S/C15H22N2O3/c1-18-13-7-15(20-10-13)5-6-17(11-15)9-12-3-4-14(19-2)16-8-12/h3-4,8,13H,5-7,9-11H2,1-2H3. The van der Waals surface area contributed by atoms with Crippen molar-refractivity contribution in [1.29, 1.82) is 0 Å². The maximum absolute atomic E-state index is 6.01. The van der Waals surface area contributed by atoms with Crippen molar-refractivity contribution in [2.24, 2.45) is 0 Å². The van der Waals surface area contributed by atoms with Crippen LogP contribution in [-0.2, 0) is 16.0 Å². The third-order valence-electron chi connectivity index (χ3n) is 4.32. The Bertz CT molecular complexity index is 451. The van der Waals surface area contributed by atoms with Crippen molar-refractivity contribution in [2.75, 3.05) is 33.9 Å². The Labute approximate surface area is 119 Å². The Kier molecular flexibility index (Phi) is 3.92. The van der Waals surface area contributed by atoms with Gasteiger partial charge >= 0.3 is 0 Å². The average Bonchev–Trinajstić information content (AvgIpc) is 3.07. The van der Waals surface area contributed by atoms with Gasteiger partial charge in [-0.25, -0.2) is 4.98 Å². The summed E-state index contributed by atoms with van der Waals surface area (Å²) in [5, 5.41) is 0. The molecule has 0 amide bonds. The van der Waals surface area contributed by atoms with Crippen LogP contribution in [0.4, 0.5) is 0 Å². The molecule has 0 aromatic carbocycles. The molecular weight excluding hydrogens is 256 g/mol. The number of rotatable bonds is 4. The second-order valence-electron chi connectivity index (χ2n) is 5.73. The zero-order valence-electron chi connectivity index (χ0n) is 12.2. The van der Waals surface area contributed by atoms with Crippen LogP contribution in [0.1, 0.15) is 18.4 Å². The van der Waals surface area contributed by atoms with Gasteiger partial charge in [-0.2, -0.15) is 0 Å². The van der Waals surface area contributed by atoms with Crippen molar-refractivity contribution in [3.05, 3.63) is 23.9 Å². The van der Waals surface area contributed by atoms with Gasteiger partial charge in [-0.3, -0.25) is 4.90 Å². The lowest BCUT2D eigenvalue weighted by Gasteiger charge is -2.23. The second kappa shape index (κ2) is 5.68. The van der Waals surface area contributed by atoms with Crippen LogP contribution >= 0.6 is 0 Å². The predicted octanol–water partition coefficient (Wildman–Crippen LogP) is 1.47. The number of hydrogen-bond acceptors (Lipinski definition) is 5. The van der Waals surface area contributed by atoms with Crippen LogP contribution in [-0.4, -0.2) is 55.5 Å². The lowest BCUT2D eigenvalue weighted by atomic mass is 9.98. The number of likely N-dealkylation sites (tertiary alicyclic amines) is 1. The van der Waals surface area contributed by atoms with Crippen LogP contribution in [0.15, 0.2) is 18.3 Å². The molecule has 2 unspecified atom stereocenters. The van der Waals surface area contributed by atoms with Crippen molar-refractivity contribution in [3.63, 3.8) is 0 Å². The summed E-state index contributed by atoms with van der Waals surface area (Å²) in [5.74, 6) is 0.661. The Morgan fingerprint density at radius 3 is 3.00 bits per heavy atom. The average molecular weight is 278 g/mol. The number of hydrogen-bond donors (Lipinski definition) is 0. The van der Waals surface area contributed by atoms with E-state index in [1.165, 1.54) is 5.56 Å². The topological polar surface area (TPSA) is 43.8 Å². The van der Waals surface area contributed by atoms with E-state index in [1.807, 2.05) is 12.3 Å². The first-order chi connectivity index (χ1) is 9.73. The van der Waals surface area contributed by atoms with Gasteiger partial charge in [-0.1, -0.05) is 6.07 Å². The predicted molar refractivity (Wildman–Crippen MR) is 74.8 cm³/mol. The number of nitrogens with zero attached hydrogens (tertiary/aromatic N) is 2. The van der Waals surface area contributed by atoms with E-state index >= 15 is 0 Å². The molecule has 0 N–H and O–H groups in total. The van der Waals surface area contributed by atoms with E-state index in [-0.39, 0.29) is 11.7 Å². The first-order valence-electron chi connectivity index (χ1n) is 7.11. The smallest absolute Gasteiger partial charge is 0.212 e. The SMILES string of the molecule is COc1ccc(CN2CCC3(CC(OC)CO3)C2)cn1. The van der Waals surface area contributed by atoms with Gasteiger partial charge in [-0.15, -0.1) is 0 Å². The molecule has 2 aliphatic heterocycles. The molecule has 2 aliphatic rings. The first-order valence-corrected chi connectivity index (χ1v) is 7.11. The van der Waals surface area contributed by atoms with Crippen LogP contribution < -0.4 is 4.74 Å². The third-order valence-corrected chi connectivity index (χ3v) is 4.32. The molecule has 2 atom stereocenters. The first kappa shape index (κ1) is 13.8. The summed E-state index contributed by atoms with van der Waals surface area (Å²) in [4.78, 5) is 6.69. The molecule has 1 aromatic heterocycles. The fraction of sp³-hybridized carbons (Fsp3) is 0.667. The van der Waals surface area contributed by atoms with E-state index in [4.69, 9.17) is 14.2 Å². The summed E-state index contributed by atoms with van der Waals surface area (Å²) >= 11 is 0. The molecular formula is C15H22N2O3. The van der Waals surface area contributed by atoms with Gasteiger partial charge in [0.25, 0.3) is 0 Å². The molecule has 1 aromatic rings. The summed E-state index contributed by atoms with van der Waals surface area (Å²) in [6.45, 7) is 3.70. The highest BCUT2D eigenvalue weighted by atomic mass is 16.6. The fourth-order valence-corrected chi connectivity index (χ4v) is 3.18. The van der Waals surface area contributed by atoms with Gasteiger partial charge in [0.15, 0.2) is 0 Å². The highest BCUT2D eigenvalue weighted by molar-refractivity contribution is 5.18. The Balaban J connectivity index is 1.57. The van der Waals surface area contributed by atoms with E-state index < -0.39 is 0 Å². The zero-order valence-corrected chi connectivity index (χ0v) is 12.2. The summed E-state index contributed by atoms with van der Waals surface area (Å²) < 4.78 is 16.5. The molecule has 2 saturated heterocycles. The van der Waals surface area contributed by atoms with E-state index in [0.29, 0.717) is 5.88 Å². The molecule has 2 fully saturated rings. The van der Waals surface area contributed by atoms with Crippen LogP contribution in [0.3, 0.4) is 0 Å². The molecule has 20 heavy (non-hydrogen) atoms. The minimum atomic E-state index is 0.0145. The van der Waals surface area contributed by atoms with E-state index in [2.05, 4.69) is 16.0 Å². The minimum absolute atomic E-state index is 0.0145. The van der Waals surface area contributed by atoms with Crippen LogP contribution in [0.2, 0.25) is 0 Å². The fourth-order valence-electron chi connectivity index (χ4n) is 3.18. The normalized spacial score (nSPS) is 30.2. The van der Waals surface area contributed by atoms with E-state index in [9.17, 15) is 0 Å². The Morgan fingerprint density at radius 2 is 2.35 bits per heavy atom. The summed E-state index contributed by atoms with van der Waals surface area (Å²) in [6, 6.07) is 3.98. The van der Waals surface area contributed by atoms with E-state index in [1.54, 1.807) is 14.2 Å². The molecule has 0 radical (unpaired) electrons. The molecule has 1 spiro atoms. The van der Waals surface area contributed by atoms with Crippen molar-refractivity contribution in [2.45, 2.75) is 31.1 Å². The van der Waals surface area contributed by atoms with Gasteiger partial charge in [-0.05, 0) is 12.0 Å². The molecule has 0 aliphatic carbocycles. The van der Waals surface area contributed by atoms with E-state index in [0.717, 1.165) is 39.1 Å². The minimum Gasteiger partial charge on any atom is -0.481 e. The van der Waals surface area contributed by atoms with Crippen LogP contribution in [0, 0.1) is 0 Å². The van der Waals surface area contributed by atoms with Gasteiger partial charge in [0, 0.05) is 45.4 Å². The molecule has 0 bridgehead atoms. The maximum atomic E-state index is 6.01. The number of methoxy groups -OCH3 is 2. The quantitative estimate of drug-likeness (QED) is 0.834. The second-order valence-corrected chi connectivity index (χ2v) is 5.73. The Hall–Kier alpha value is -1.17. The molecule has 3 rings (SSSR count). The number of pyridine rings is 1. The molecule has 110 valence electrons. The van der Waals surface area contributed by atoms with Crippen molar-refractivity contribution in [1.82, 2.24) is 9.88 Å². The van der Waals surface area contributed by atoms with Crippen molar-refractivity contribution < 1.29 is 14.2 Å². The van der Waals surface area contributed by atoms with Gasteiger partial charge < -0.3 is 14.2 Å². The van der Waals surface area contributed by atoms with Gasteiger partial charge in [0.1, 0.15) is 0 Å². The van der Waals surface area contributed by atoms with Gasteiger partial charge in [0.05, 0.1) is 25.4 Å². The third kappa shape index (κ3) is 2.80. The number of ether oxygens (including phenoxy) is 3. The molecule has 0 saturated carbocycles. The highest BCUT2D eigenvalue weighted by Gasteiger charge is 2.45. The Morgan fingerprint density at radius 1 is 1.45 bits per heavy atom. The maximum Gasteiger partial charge on any atom is 0.212 e. The zero-order chi connectivity index (χ0) is 14.0. The van der Waals surface area contributed by atoms with Crippen LogP contribution in [0.5, 0.6) is 5.88 Å². The van der Waals surface area contributed by atoms with Gasteiger partial charge in [0.2, 0.25) is 5.88 Å². The summed E-state index contributed by atoms with van der Waals surface area (Å²) in [6.07, 6.45) is 4.26. The van der Waals surface area contributed by atoms with Crippen molar-refractivity contribution in [3.8, 4) is 5.88 Å². The highest BCUT2D eigenvalue weighted by Crippen LogP contribution is 2.36. The summed E-state index contributed by atoms with van der Waals surface area (Å²) in [5.41, 5.74) is 1.23. The van der Waals surface area contributed by atoms with Crippen molar-refractivity contribution >= 4 is 0 Å². The largest absolute Gasteiger partial charge is 0.481 e.